The van der Waals surface area contributed by atoms with Crippen LogP contribution in [0.25, 0.3) is 0 Å². The van der Waals surface area contributed by atoms with Crippen molar-refractivity contribution in [3.63, 3.8) is 0 Å². The third kappa shape index (κ3) is 1.55. The van der Waals surface area contributed by atoms with Crippen molar-refractivity contribution in [1.82, 2.24) is 9.78 Å². The van der Waals surface area contributed by atoms with Crippen molar-refractivity contribution in [3.8, 4) is 0 Å². The van der Waals surface area contributed by atoms with E-state index in [1.165, 1.54) is 0 Å². The summed E-state index contributed by atoms with van der Waals surface area (Å²) < 4.78 is 6.82. The summed E-state index contributed by atoms with van der Waals surface area (Å²) in [4.78, 5) is 4.89. The second kappa shape index (κ2) is 3.70. The van der Waals surface area contributed by atoms with Gasteiger partial charge in [0.2, 0.25) is 0 Å². The van der Waals surface area contributed by atoms with Crippen molar-refractivity contribution in [1.29, 1.82) is 0 Å². The topological polar surface area (TPSA) is 48.6 Å². The van der Waals surface area contributed by atoms with Gasteiger partial charge in [-0.1, -0.05) is 11.6 Å². The van der Waals surface area contributed by atoms with Gasteiger partial charge >= 0.3 is 0 Å². The molecule has 0 N–H and O–H groups in total. The highest BCUT2D eigenvalue weighted by Gasteiger charge is 2.21. The Morgan fingerprint density at radius 3 is 2.79 bits per heavy atom. The molecule has 1 aromatic heterocycles. The van der Waals surface area contributed by atoms with Crippen LogP contribution in [0, 0.1) is 0 Å². The monoisotopic (exact) mass is 233 g/mol. The maximum absolute atomic E-state index is 5.89. The van der Waals surface area contributed by atoms with E-state index in [0.29, 0.717) is 34.9 Å². The summed E-state index contributed by atoms with van der Waals surface area (Å²) in [5.74, 6) is 0.333. The Labute approximate surface area is 91.0 Å². The van der Waals surface area contributed by atoms with Crippen LogP contribution < -0.4 is 0 Å². The minimum atomic E-state index is 0.307. The van der Waals surface area contributed by atoms with E-state index in [-0.39, 0.29) is 0 Å². The minimum absolute atomic E-state index is 0.307. The second-order valence-corrected chi connectivity index (χ2v) is 3.47. The molecule has 0 saturated carbocycles. The average molecular weight is 234 g/mol. The molecule has 76 valence electrons. The fourth-order valence-electron chi connectivity index (χ4n) is 1.09. The Morgan fingerprint density at radius 2 is 2.29 bits per heavy atom. The number of hydrogen-bond acceptors (Lipinski definition) is 5. The molecule has 0 aliphatic carbocycles. The summed E-state index contributed by atoms with van der Waals surface area (Å²) >= 11 is 10.1. The molecule has 0 amide bonds. The number of thiol groups is 1. The lowest BCUT2D eigenvalue weighted by Gasteiger charge is -2.12. The van der Waals surface area contributed by atoms with Crippen LogP contribution in [0.3, 0.4) is 0 Å². The number of nitrogens with zero attached hydrogens (tertiary/aromatic N) is 3. The Kier molecular flexibility index (Phi) is 2.56. The molecule has 2 rings (SSSR count). The van der Waals surface area contributed by atoms with Crippen LogP contribution in [0.15, 0.2) is 10.2 Å². The van der Waals surface area contributed by atoms with Gasteiger partial charge < -0.3 is 9.57 Å². The smallest absolute Gasteiger partial charge is 0.263 e. The Hall–Kier alpha value is -0.880. The molecule has 0 saturated heterocycles. The third-order valence-electron chi connectivity index (χ3n) is 1.75. The first kappa shape index (κ1) is 9.67. The number of aromatic nitrogens is 2. The fraction of sp³-hybridized carbons (Fsp3) is 0.429. The molecule has 14 heavy (non-hydrogen) atoms. The number of rotatable bonds is 1. The van der Waals surface area contributed by atoms with Crippen molar-refractivity contribution < 1.29 is 9.57 Å². The second-order valence-electron chi connectivity index (χ2n) is 2.69. The summed E-state index contributed by atoms with van der Waals surface area (Å²) in [6.07, 6.45) is 0. The zero-order chi connectivity index (χ0) is 10.1. The van der Waals surface area contributed by atoms with Crippen LogP contribution in [0.2, 0.25) is 5.15 Å². The van der Waals surface area contributed by atoms with E-state index in [2.05, 4.69) is 22.9 Å². The van der Waals surface area contributed by atoms with Crippen LogP contribution >= 0.6 is 24.2 Å². The molecule has 1 aromatic rings. The van der Waals surface area contributed by atoms with Crippen LogP contribution in [0.1, 0.15) is 5.56 Å². The normalized spacial score (nSPS) is 15.8. The van der Waals surface area contributed by atoms with E-state index < -0.39 is 0 Å². The van der Waals surface area contributed by atoms with E-state index >= 15 is 0 Å². The van der Waals surface area contributed by atoms with Gasteiger partial charge in [-0.3, -0.25) is 4.68 Å². The molecule has 0 fully saturated rings. The highest BCUT2D eigenvalue weighted by Crippen LogP contribution is 2.23. The zero-order valence-electron chi connectivity index (χ0n) is 7.40. The Bertz CT molecular complexity index is 391. The number of oxime groups is 1. The molecule has 1 aliphatic heterocycles. The minimum Gasteiger partial charge on any atom is -0.471 e. The zero-order valence-corrected chi connectivity index (χ0v) is 9.05. The molecule has 0 bridgehead atoms. The van der Waals surface area contributed by atoms with Gasteiger partial charge in [-0.05, 0) is 5.16 Å². The lowest BCUT2D eigenvalue weighted by Crippen LogP contribution is -2.17. The quantitative estimate of drug-likeness (QED) is 0.739. The summed E-state index contributed by atoms with van der Waals surface area (Å²) in [7, 11) is 1.74. The van der Waals surface area contributed by atoms with Crippen molar-refractivity contribution >= 4 is 30.1 Å². The van der Waals surface area contributed by atoms with Gasteiger partial charge in [0, 0.05) is 7.05 Å². The Balaban J connectivity index is 2.44. The molecule has 0 radical (unpaired) electrons. The van der Waals surface area contributed by atoms with Crippen LogP contribution in [-0.4, -0.2) is 28.9 Å². The molecular formula is C7H8ClN3O2S. The number of halogens is 1. The molecule has 2 heterocycles. The average Bonchev–Trinajstić information content (AvgIpc) is 2.43. The molecule has 1 aliphatic rings. The summed E-state index contributed by atoms with van der Waals surface area (Å²) in [6.45, 7) is 0.903. The third-order valence-corrected chi connectivity index (χ3v) is 2.53. The SMILES string of the molecule is Cn1nc(Cl)c(C2=NOCCO2)c1S. The van der Waals surface area contributed by atoms with Crippen LogP contribution in [0.5, 0.6) is 0 Å². The molecule has 0 atom stereocenters. The number of hydrogen-bond donors (Lipinski definition) is 1. The first-order chi connectivity index (χ1) is 6.70. The molecule has 5 nitrogen and oxygen atoms in total. The lowest BCUT2D eigenvalue weighted by atomic mass is 10.3. The first-order valence-corrected chi connectivity index (χ1v) is 4.77. The van der Waals surface area contributed by atoms with E-state index in [0.717, 1.165) is 0 Å². The molecule has 0 aromatic carbocycles. The molecular weight excluding hydrogens is 226 g/mol. The van der Waals surface area contributed by atoms with Crippen LogP contribution in [-0.2, 0) is 16.6 Å². The van der Waals surface area contributed by atoms with Gasteiger partial charge in [0.05, 0.1) is 0 Å². The van der Waals surface area contributed by atoms with E-state index in [9.17, 15) is 0 Å². The van der Waals surface area contributed by atoms with E-state index in [4.69, 9.17) is 21.2 Å². The lowest BCUT2D eigenvalue weighted by molar-refractivity contribution is 0.0653. The summed E-state index contributed by atoms with van der Waals surface area (Å²) in [5.41, 5.74) is 0.567. The maximum atomic E-state index is 5.89. The van der Waals surface area contributed by atoms with Crippen molar-refractivity contribution in [2.75, 3.05) is 13.2 Å². The molecule has 7 heteroatoms. The van der Waals surface area contributed by atoms with Gasteiger partial charge in [-0.25, -0.2) is 0 Å². The highest BCUT2D eigenvalue weighted by atomic mass is 35.5. The standard InChI is InChI=1S/C7H8ClN3O2S/c1-11-7(14)4(5(8)9-11)6-10-13-3-2-12-6/h14H,2-3H2,1H3. The van der Waals surface area contributed by atoms with Crippen molar-refractivity contribution in [2.45, 2.75) is 5.03 Å². The van der Waals surface area contributed by atoms with Gasteiger partial charge in [-0.15, -0.1) is 12.6 Å². The fourth-order valence-corrected chi connectivity index (χ4v) is 1.69. The first-order valence-electron chi connectivity index (χ1n) is 3.94. The summed E-state index contributed by atoms with van der Waals surface area (Å²) in [5, 5.41) is 8.62. The summed E-state index contributed by atoms with van der Waals surface area (Å²) in [6, 6.07) is 0. The highest BCUT2D eigenvalue weighted by molar-refractivity contribution is 7.80. The Morgan fingerprint density at radius 1 is 1.50 bits per heavy atom. The van der Waals surface area contributed by atoms with Crippen LogP contribution in [0.4, 0.5) is 0 Å². The predicted octanol–water partition coefficient (Wildman–Crippen LogP) is 1.07. The largest absolute Gasteiger partial charge is 0.471 e. The number of aryl methyl sites for hydroxylation is 1. The predicted molar refractivity (Wildman–Crippen MR) is 53.9 cm³/mol. The van der Waals surface area contributed by atoms with Gasteiger partial charge in [-0.2, -0.15) is 5.10 Å². The molecule has 0 unspecified atom stereocenters. The van der Waals surface area contributed by atoms with Gasteiger partial charge in [0.15, 0.2) is 11.8 Å². The maximum Gasteiger partial charge on any atom is 0.263 e. The van der Waals surface area contributed by atoms with Gasteiger partial charge in [0.25, 0.3) is 5.90 Å². The van der Waals surface area contributed by atoms with E-state index in [1.54, 1.807) is 11.7 Å². The number of ether oxygens (including phenoxy) is 1. The van der Waals surface area contributed by atoms with Crippen molar-refractivity contribution in [2.24, 2.45) is 12.2 Å². The van der Waals surface area contributed by atoms with Gasteiger partial charge in [0.1, 0.15) is 17.2 Å². The molecule has 0 spiro atoms. The van der Waals surface area contributed by atoms with E-state index in [1.807, 2.05) is 0 Å². The van der Waals surface area contributed by atoms with Crippen molar-refractivity contribution in [3.05, 3.63) is 10.7 Å².